The van der Waals surface area contributed by atoms with Crippen molar-refractivity contribution in [1.82, 2.24) is 15.1 Å². The van der Waals surface area contributed by atoms with Crippen LogP contribution in [0.3, 0.4) is 0 Å². The van der Waals surface area contributed by atoms with E-state index in [1.807, 2.05) is 0 Å². The Hall–Kier alpha value is -0.120. The molecule has 1 aliphatic rings. The topological polar surface area (TPSA) is 18.5 Å². The van der Waals surface area contributed by atoms with Gasteiger partial charge < -0.3 is 15.1 Å². The summed E-state index contributed by atoms with van der Waals surface area (Å²) < 4.78 is 0. The predicted molar refractivity (Wildman–Crippen MR) is 80.1 cm³/mol. The normalized spacial score (nSPS) is 21.3. The van der Waals surface area contributed by atoms with E-state index in [4.69, 9.17) is 0 Å². The van der Waals surface area contributed by atoms with Crippen molar-refractivity contribution in [1.29, 1.82) is 0 Å². The third-order valence-electron chi connectivity index (χ3n) is 3.90. The summed E-state index contributed by atoms with van der Waals surface area (Å²) in [6.45, 7) is 17.7. The standard InChI is InChI=1S/C15H33N3/c1-5-8-17(6-2)10-11-18-9-7-15(13-18)12-16-14(3)4/h14-16H,5-13H2,1-4H3. The number of hydrogen-bond acceptors (Lipinski definition) is 3. The van der Waals surface area contributed by atoms with E-state index >= 15 is 0 Å². The first-order valence-corrected chi connectivity index (χ1v) is 7.83. The molecule has 0 aromatic carbocycles. The van der Waals surface area contributed by atoms with Crippen molar-refractivity contribution in [2.45, 2.75) is 46.6 Å². The van der Waals surface area contributed by atoms with Crippen molar-refractivity contribution in [2.75, 3.05) is 45.8 Å². The summed E-state index contributed by atoms with van der Waals surface area (Å²) in [7, 11) is 0. The van der Waals surface area contributed by atoms with Crippen molar-refractivity contribution in [3.05, 3.63) is 0 Å². The molecule has 0 bridgehead atoms. The fourth-order valence-corrected chi connectivity index (χ4v) is 2.71. The second-order valence-corrected chi connectivity index (χ2v) is 5.95. The molecule has 1 aliphatic heterocycles. The highest BCUT2D eigenvalue weighted by Crippen LogP contribution is 2.15. The van der Waals surface area contributed by atoms with Crippen molar-refractivity contribution < 1.29 is 0 Å². The molecule has 108 valence electrons. The minimum absolute atomic E-state index is 0.624. The molecular formula is C15H33N3. The molecule has 0 aromatic heterocycles. The number of likely N-dealkylation sites (tertiary alicyclic amines) is 1. The first kappa shape index (κ1) is 15.9. The zero-order valence-corrected chi connectivity index (χ0v) is 12.9. The van der Waals surface area contributed by atoms with Gasteiger partial charge in [-0.2, -0.15) is 0 Å². The summed E-state index contributed by atoms with van der Waals surface area (Å²) in [5.41, 5.74) is 0. The van der Waals surface area contributed by atoms with E-state index in [0.29, 0.717) is 6.04 Å². The van der Waals surface area contributed by atoms with Gasteiger partial charge in [0.15, 0.2) is 0 Å². The summed E-state index contributed by atoms with van der Waals surface area (Å²) in [4.78, 5) is 5.21. The molecule has 3 heteroatoms. The van der Waals surface area contributed by atoms with Crippen LogP contribution in [-0.4, -0.2) is 61.7 Å². The molecule has 1 rings (SSSR count). The minimum Gasteiger partial charge on any atom is -0.314 e. The highest BCUT2D eigenvalue weighted by atomic mass is 15.2. The number of likely N-dealkylation sites (N-methyl/N-ethyl adjacent to an activating group) is 1. The highest BCUT2D eigenvalue weighted by molar-refractivity contribution is 4.78. The molecule has 0 aromatic rings. The summed E-state index contributed by atoms with van der Waals surface area (Å²) in [5, 5.41) is 3.57. The summed E-state index contributed by atoms with van der Waals surface area (Å²) >= 11 is 0. The lowest BCUT2D eigenvalue weighted by molar-refractivity contribution is 0.228. The van der Waals surface area contributed by atoms with Crippen molar-refractivity contribution in [2.24, 2.45) is 5.92 Å². The van der Waals surface area contributed by atoms with Crippen LogP contribution in [0.15, 0.2) is 0 Å². The lowest BCUT2D eigenvalue weighted by Crippen LogP contribution is -2.35. The Morgan fingerprint density at radius 3 is 2.67 bits per heavy atom. The molecule has 18 heavy (non-hydrogen) atoms. The Bertz CT molecular complexity index is 206. The van der Waals surface area contributed by atoms with Gasteiger partial charge in [0.2, 0.25) is 0 Å². The number of nitrogens with zero attached hydrogens (tertiary/aromatic N) is 2. The molecule has 1 saturated heterocycles. The highest BCUT2D eigenvalue weighted by Gasteiger charge is 2.22. The van der Waals surface area contributed by atoms with E-state index in [1.165, 1.54) is 58.7 Å². The van der Waals surface area contributed by atoms with Gasteiger partial charge in [0.1, 0.15) is 0 Å². The van der Waals surface area contributed by atoms with E-state index in [-0.39, 0.29) is 0 Å². The van der Waals surface area contributed by atoms with Crippen LogP contribution < -0.4 is 5.32 Å². The number of nitrogens with one attached hydrogen (secondary N) is 1. The van der Waals surface area contributed by atoms with Crippen LogP contribution in [0.1, 0.15) is 40.5 Å². The summed E-state index contributed by atoms with van der Waals surface area (Å²) in [6.07, 6.45) is 2.65. The second kappa shape index (κ2) is 8.89. The third-order valence-corrected chi connectivity index (χ3v) is 3.90. The number of rotatable bonds is 9. The van der Waals surface area contributed by atoms with E-state index in [2.05, 4.69) is 42.8 Å². The molecule has 1 fully saturated rings. The molecule has 1 heterocycles. The van der Waals surface area contributed by atoms with Gasteiger partial charge in [-0.15, -0.1) is 0 Å². The van der Waals surface area contributed by atoms with Crippen LogP contribution in [-0.2, 0) is 0 Å². The molecule has 1 atom stereocenters. The van der Waals surface area contributed by atoms with Gasteiger partial charge in [0, 0.05) is 25.7 Å². The van der Waals surface area contributed by atoms with E-state index in [0.717, 1.165) is 5.92 Å². The van der Waals surface area contributed by atoms with Crippen LogP contribution in [0.4, 0.5) is 0 Å². The maximum atomic E-state index is 3.57. The van der Waals surface area contributed by atoms with Crippen molar-refractivity contribution in [3.63, 3.8) is 0 Å². The monoisotopic (exact) mass is 255 g/mol. The molecule has 3 nitrogen and oxygen atoms in total. The van der Waals surface area contributed by atoms with Crippen LogP contribution in [0.25, 0.3) is 0 Å². The maximum absolute atomic E-state index is 3.57. The van der Waals surface area contributed by atoms with E-state index in [9.17, 15) is 0 Å². The summed E-state index contributed by atoms with van der Waals surface area (Å²) in [5.74, 6) is 0.869. The van der Waals surface area contributed by atoms with Gasteiger partial charge in [0.05, 0.1) is 0 Å². The average molecular weight is 255 g/mol. The first-order chi connectivity index (χ1) is 8.65. The first-order valence-electron chi connectivity index (χ1n) is 7.83. The average Bonchev–Trinajstić information content (AvgIpc) is 2.80. The molecule has 0 radical (unpaired) electrons. The van der Waals surface area contributed by atoms with Gasteiger partial charge in [-0.25, -0.2) is 0 Å². The Labute approximate surface area is 114 Å². The van der Waals surface area contributed by atoms with Gasteiger partial charge in [-0.05, 0) is 44.9 Å². The zero-order chi connectivity index (χ0) is 13.4. The Balaban J connectivity index is 2.13. The Kier molecular flexibility index (Phi) is 7.87. The molecule has 0 spiro atoms. The Morgan fingerprint density at radius 1 is 1.28 bits per heavy atom. The SMILES string of the molecule is CCCN(CC)CCN1CCC(CNC(C)C)C1. The maximum Gasteiger partial charge on any atom is 0.0109 e. The van der Waals surface area contributed by atoms with Crippen molar-refractivity contribution in [3.8, 4) is 0 Å². The third kappa shape index (κ3) is 6.17. The van der Waals surface area contributed by atoms with E-state index in [1.54, 1.807) is 0 Å². The van der Waals surface area contributed by atoms with Crippen molar-refractivity contribution >= 4 is 0 Å². The zero-order valence-electron chi connectivity index (χ0n) is 12.9. The second-order valence-electron chi connectivity index (χ2n) is 5.95. The molecular weight excluding hydrogens is 222 g/mol. The fourth-order valence-electron chi connectivity index (χ4n) is 2.71. The lowest BCUT2D eigenvalue weighted by Gasteiger charge is -2.23. The van der Waals surface area contributed by atoms with Crippen LogP contribution in [0.5, 0.6) is 0 Å². The van der Waals surface area contributed by atoms with Gasteiger partial charge in [-0.1, -0.05) is 27.7 Å². The summed E-state index contributed by atoms with van der Waals surface area (Å²) in [6, 6.07) is 0.624. The smallest absolute Gasteiger partial charge is 0.0109 e. The quantitative estimate of drug-likeness (QED) is 0.680. The van der Waals surface area contributed by atoms with E-state index < -0.39 is 0 Å². The Morgan fingerprint density at radius 2 is 2.06 bits per heavy atom. The van der Waals surface area contributed by atoms with Gasteiger partial charge in [0.25, 0.3) is 0 Å². The van der Waals surface area contributed by atoms with Gasteiger partial charge >= 0.3 is 0 Å². The molecule has 0 aliphatic carbocycles. The lowest BCUT2D eigenvalue weighted by atomic mass is 10.1. The van der Waals surface area contributed by atoms with Crippen LogP contribution >= 0.6 is 0 Å². The van der Waals surface area contributed by atoms with Crippen LogP contribution in [0, 0.1) is 5.92 Å². The number of hydrogen-bond donors (Lipinski definition) is 1. The minimum atomic E-state index is 0.624. The predicted octanol–water partition coefficient (Wildman–Crippen LogP) is 2.04. The largest absolute Gasteiger partial charge is 0.314 e. The molecule has 1 unspecified atom stereocenters. The van der Waals surface area contributed by atoms with Crippen LogP contribution in [0.2, 0.25) is 0 Å². The van der Waals surface area contributed by atoms with Gasteiger partial charge in [-0.3, -0.25) is 0 Å². The fraction of sp³-hybridized carbons (Fsp3) is 1.00. The molecule has 0 saturated carbocycles. The molecule has 1 N–H and O–H groups in total. The molecule has 0 amide bonds.